The standard InChI is InChI=1S/C20H21F3N4O2/c1-2-29-18-6-3-13(7-25-18)19(28)27-11-14-9-26(10-15(14)12-27)17-5-4-16(8-24-17)20(21,22)23/h3-8,14-15H,2,9-12H2,1H3. The molecule has 2 fully saturated rings. The highest BCUT2D eigenvalue weighted by Gasteiger charge is 2.42. The van der Waals surface area contributed by atoms with Crippen LogP contribution in [0.2, 0.25) is 0 Å². The summed E-state index contributed by atoms with van der Waals surface area (Å²) in [4.78, 5) is 24.7. The lowest BCUT2D eigenvalue weighted by atomic mass is 10.0. The van der Waals surface area contributed by atoms with Crippen molar-refractivity contribution in [1.82, 2.24) is 14.9 Å². The van der Waals surface area contributed by atoms with Crippen LogP contribution >= 0.6 is 0 Å². The van der Waals surface area contributed by atoms with Gasteiger partial charge in [-0.05, 0) is 25.1 Å². The first kappa shape index (κ1) is 19.5. The van der Waals surface area contributed by atoms with E-state index in [2.05, 4.69) is 9.97 Å². The Hall–Kier alpha value is -2.84. The molecule has 2 aromatic rings. The molecular formula is C20H21F3N4O2. The van der Waals surface area contributed by atoms with Crippen LogP contribution in [0, 0.1) is 11.8 Å². The van der Waals surface area contributed by atoms with Gasteiger partial charge in [-0.1, -0.05) is 0 Å². The summed E-state index contributed by atoms with van der Waals surface area (Å²) in [5.74, 6) is 1.52. The molecular weight excluding hydrogens is 385 g/mol. The van der Waals surface area contributed by atoms with Crippen molar-refractivity contribution in [2.24, 2.45) is 11.8 Å². The third kappa shape index (κ3) is 3.99. The van der Waals surface area contributed by atoms with E-state index in [9.17, 15) is 18.0 Å². The zero-order valence-corrected chi connectivity index (χ0v) is 15.9. The maximum Gasteiger partial charge on any atom is 0.417 e. The largest absolute Gasteiger partial charge is 0.478 e. The Morgan fingerprint density at radius 1 is 1.07 bits per heavy atom. The van der Waals surface area contributed by atoms with Gasteiger partial charge < -0.3 is 14.5 Å². The zero-order chi connectivity index (χ0) is 20.6. The molecule has 0 N–H and O–H groups in total. The predicted octanol–water partition coefficient (Wildman–Crippen LogP) is 3.10. The highest BCUT2D eigenvalue weighted by Crippen LogP contribution is 2.35. The number of carbonyl (C=O) groups excluding carboxylic acids is 1. The fraction of sp³-hybridized carbons (Fsp3) is 0.450. The number of hydrogen-bond acceptors (Lipinski definition) is 5. The minimum atomic E-state index is -4.39. The highest BCUT2D eigenvalue weighted by molar-refractivity contribution is 5.94. The number of amides is 1. The summed E-state index contributed by atoms with van der Waals surface area (Å²) in [5.41, 5.74) is -0.226. The number of fused-ring (bicyclic) bond motifs is 1. The van der Waals surface area contributed by atoms with Gasteiger partial charge in [0.15, 0.2) is 0 Å². The van der Waals surface area contributed by atoms with Crippen molar-refractivity contribution in [2.75, 3.05) is 37.7 Å². The number of likely N-dealkylation sites (tertiary alicyclic amines) is 1. The topological polar surface area (TPSA) is 58.6 Å². The Balaban J connectivity index is 1.36. The number of aromatic nitrogens is 2. The molecule has 2 unspecified atom stereocenters. The SMILES string of the molecule is CCOc1ccc(C(=O)N2CC3CN(c4ccc(C(F)(F)F)cn4)CC3C2)cn1. The third-order valence-electron chi connectivity index (χ3n) is 5.45. The summed E-state index contributed by atoms with van der Waals surface area (Å²) in [5, 5.41) is 0. The van der Waals surface area contributed by atoms with Crippen molar-refractivity contribution in [3.05, 3.63) is 47.8 Å². The Labute approximate surface area is 166 Å². The first-order valence-electron chi connectivity index (χ1n) is 9.51. The summed E-state index contributed by atoms with van der Waals surface area (Å²) in [6, 6.07) is 5.88. The van der Waals surface area contributed by atoms with Crippen LogP contribution in [0.15, 0.2) is 36.7 Å². The number of ether oxygens (including phenoxy) is 1. The quantitative estimate of drug-likeness (QED) is 0.781. The van der Waals surface area contributed by atoms with Crippen molar-refractivity contribution in [2.45, 2.75) is 13.1 Å². The van der Waals surface area contributed by atoms with Gasteiger partial charge in [0.2, 0.25) is 5.88 Å². The summed E-state index contributed by atoms with van der Waals surface area (Å²) >= 11 is 0. The maximum absolute atomic E-state index is 12.7. The van der Waals surface area contributed by atoms with Crippen LogP contribution in [0.25, 0.3) is 0 Å². The molecule has 1 amide bonds. The molecule has 2 aromatic heterocycles. The van der Waals surface area contributed by atoms with Crippen molar-refractivity contribution in [3.63, 3.8) is 0 Å². The first-order valence-corrected chi connectivity index (χ1v) is 9.51. The Bertz CT molecular complexity index is 857. The minimum absolute atomic E-state index is 0.0610. The van der Waals surface area contributed by atoms with Gasteiger partial charge in [-0.3, -0.25) is 4.79 Å². The number of rotatable bonds is 4. The van der Waals surface area contributed by atoms with Crippen LogP contribution < -0.4 is 9.64 Å². The minimum Gasteiger partial charge on any atom is -0.478 e. The number of carbonyl (C=O) groups is 1. The molecule has 0 saturated carbocycles. The molecule has 2 aliphatic rings. The smallest absolute Gasteiger partial charge is 0.417 e. The Morgan fingerprint density at radius 3 is 2.31 bits per heavy atom. The van der Waals surface area contributed by atoms with Crippen LogP contribution in [0.5, 0.6) is 5.88 Å². The summed E-state index contributed by atoms with van der Waals surface area (Å²) < 4.78 is 43.4. The van der Waals surface area contributed by atoms with E-state index in [0.29, 0.717) is 50.0 Å². The van der Waals surface area contributed by atoms with Gasteiger partial charge in [0.1, 0.15) is 5.82 Å². The molecule has 4 rings (SSSR count). The molecule has 0 aliphatic carbocycles. The van der Waals surface area contributed by atoms with Gasteiger partial charge in [0, 0.05) is 56.5 Å². The summed E-state index contributed by atoms with van der Waals surface area (Å²) in [6.45, 7) is 4.97. The normalized spacial score (nSPS) is 21.4. The lowest BCUT2D eigenvalue weighted by Gasteiger charge is -2.22. The molecule has 0 radical (unpaired) electrons. The number of nitrogens with zero attached hydrogens (tertiary/aromatic N) is 4. The molecule has 2 atom stereocenters. The summed E-state index contributed by atoms with van der Waals surface area (Å²) in [7, 11) is 0. The maximum atomic E-state index is 12.7. The second-order valence-corrected chi connectivity index (χ2v) is 7.36. The Morgan fingerprint density at radius 2 is 1.79 bits per heavy atom. The van der Waals surface area contributed by atoms with E-state index in [1.54, 1.807) is 12.1 Å². The molecule has 2 saturated heterocycles. The van der Waals surface area contributed by atoms with Gasteiger partial charge >= 0.3 is 6.18 Å². The van der Waals surface area contributed by atoms with E-state index in [1.807, 2.05) is 16.7 Å². The molecule has 9 heteroatoms. The van der Waals surface area contributed by atoms with Crippen molar-refractivity contribution >= 4 is 11.7 Å². The highest BCUT2D eigenvalue weighted by atomic mass is 19.4. The van der Waals surface area contributed by atoms with Gasteiger partial charge in [-0.25, -0.2) is 9.97 Å². The Kier molecular flexibility index (Phi) is 5.06. The van der Waals surface area contributed by atoms with Crippen molar-refractivity contribution in [1.29, 1.82) is 0 Å². The van der Waals surface area contributed by atoms with E-state index in [1.165, 1.54) is 12.3 Å². The van der Waals surface area contributed by atoms with Crippen LogP contribution in [-0.2, 0) is 6.18 Å². The fourth-order valence-electron chi connectivity index (χ4n) is 4.01. The van der Waals surface area contributed by atoms with Gasteiger partial charge in [-0.15, -0.1) is 0 Å². The van der Waals surface area contributed by atoms with Gasteiger partial charge in [0.05, 0.1) is 17.7 Å². The molecule has 4 heterocycles. The van der Waals surface area contributed by atoms with Crippen LogP contribution in [-0.4, -0.2) is 53.6 Å². The average molecular weight is 406 g/mol. The predicted molar refractivity (Wildman–Crippen MR) is 99.7 cm³/mol. The van der Waals surface area contributed by atoms with Crippen LogP contribution in [0.3, 0.4) is 0 Å². The monoisotopic (exact) mass is 406 g/mol. The van der Waals surface area contributed by atoms with Crippen molar-refractivity contribution < 1.29 is 22.7 Å². The second kappa shape index (κ2) is 7.53. The number of hydrogen-bond donors (Lipinski definition) is 0. The van der Waals surface area contributed by atoms with Crippen LogP contribution in [0.4, 0.5) is 19.0 Å². The lowest BCUT2D eigenvalue weighted by molar-refractivity contribution is -0.137. The van der Waals surface area contributed by atoms with Crippen LogP contribution in [0.1, 0.15) is 22.8 Å². The molecule has 0 bridgehead atoms. The number of alkyl halides is 3. The molecule has 6 nitrogen and oxygen atoms in total. The third-order valence-corrected chi connectivity index (χ3v) is 5.45. The van der Waals surface area contributed by atoms with E-state index in [0.717, 1.165) is 12.3 Å². The zero-order valence-electron chi connectivity index (χ0n) is 15.9. The van der Waals surface area contributed by atoms with E-state index in [-0.39, 0.29) is 17.7 Å². The van der Waals surface area contributed by atoms with E-state index >= 15 is 0 Å². The lowest BCUT2D eigenvalue weighted by Crippen LogP contribution is -2.33. The average Bonchev–Trinajstić information content (AvgIpc) is 3.27. The molecule has 2 aliphatic heterocycles. The number of anilines is 1. The van der Waals surface area contributed by atoms with E-state index < -0.39 is 11.7 Å². The second-order valence-electron chi connectivity index (χ2n) is 7.36. The molecule has 29 heavy (non-hydrogen) atoms. The van der Waals surface area contributed by atoms with Gasteiger partial charge in [0.25, 0.3) is 5.91 Å². The van der Waals surface area contributed by atoms with E-state index in [4.69, 9.17) is 4.74 Å². The molecule has 154 valence electrons. The number of pyridine rings is 2. The molecule has 0 aromatic carbocycles. The number of halogens is 3. The fourth-order valence-corrected chi connectivity index (χ4v) is 4.01. The van der Waals surface area contributed by atoms with Gasteiger partial charge in [-0.2, -0.15) is 13.2 Å². The molecule has 0 spiro atoms. The first-order chi connectivity index (χ1) is 13.8. The van der Waals surface area contributed by atoms with Crippen molar-refractivity contribution in [3.8, 4) is 5.88 Å². The summed E-state index contributed by atoms with van der Waals surface area (Å²) in [6.07, 6.45) is -1.98.